The maximum absolute atomic E-state index is 13.1. The van der Waals surface area contributed by atoms with Crippen LogP contribution in [-0.2, 0) is 0 Å². The molecule has 0 aliphatic rings. The second-order valence-corrected chi connectivity index (χ2v) is 5.69. The summed E-state index contributed by atoms with van der Waals surface area (Å²) in [6, 6.07) is 10.2. The average Bonchev–Trinajstić information content (AvgIpc) is 2.44. The van der Waals surface area contributed by atoms with Gasteiger partial charge in [-0.1, -0.05) is 27.5 Å². The summed E-state index contributed by atoms with van der Waals surface area (Å²) in [5.41, 5.74) is 1.00. The maximum atomic E-state index is 13.1. The Morgan fingerprint density at radius 2 is 2.00 bits per heavy atom. The maximum Gasteiger partial charge on any atom is 0.142 e. The molecule has 20 heavy (non-hydrogen) atoms. The highest BCUT2D eigenvalue weighted by molar-refractivity contribution is 9.10. The van der Waals surface area contributed by atoms with Gasteiger partial charge < -0.3 is 10.1 Å². The van der Waals surface area contributed by atoms with Gasteiger partial charge in [0.2, 0.25) is 0 Å². The van der Waals surface area contributed by atoms with E-state index in [1.807, 2.05) is 32.2 Å². The van der Waals surface area contributed by atoms with Gasteiger partial charge in [0.15, 0.2) is 0 Å². The predicted molar refractivity (Wildman–Crippen MR) is 83.1 cm³/mol. The van der Waals surface area contributed by atoms with E-state index in [9.17, 15) is 4.39 Å². The fraction of sp³-hybridized carbons (Fsp3) is 0.200. The molecule has 2 rings (SSSR count). The lowest BCUT2D eigenvalue weighted by Crippen LogP contribution is -2.13. The van der Waals surface area contributed by atoms with Gasteiger partial charge in [0.1, 0.15) is 17.3 Å². The summed E-state index contributed by atoms with van der Waals surface area (Å²) in [4.78, 5) is 0. The van der Waals surface area contributed by atoms with Gasteiger partial charge in [0, 0.05) is 22.1 Å². The first-order valence-corrected chi connectivity index (χ1v) is 7.28. The number of nitrogens with one attached hydrogen (secondary N) is 1. The fourth-order valence-electron chi connectivity index (χ4n) is 1.77. The zero-order chi connectivity index (χ0) is 14.7. The molecule has 0 saturated carbocycles. The van der Waals surface area contributed by atoms with E-state index in [-0.39, 0.29) is 11.1 Å². The minimum atomic E-state index is -0.460. The summed E-state index contributed by atoms with van der Waals surface area (Å²) in [5, 5.41) is 3.21. The number of hydrogen-bond acceptors (Lipinski definition) is 2. The molecular formula is C15H14BrClFNO. The topological polar surface area (TPSA) is 21.3 Å². The van der Waals surface area contributed by atoms with E-state index in [4.69, 9.17) is 16.3 Å². The molecule has 1 N–H and O–H groups in total. The molecule has 0 radical (unpaired) electrons. The Kier molecular flexibility index (Phi) is 5.02. The van der Waals surface area contributed by atoms with Crippen molar-refractivity contribution in [2.24, 2.45) is 0 Å². The Morgan fingerprint density at radius 3 is 2.65 bits per heavy atom. The van der Waals surface area contributed by atoms with Crippen molar-refractivity contribution in [1.29, 1.82) is 0 Å². The van der Waals surface area contributed by atoms with Crippen LogP contribution in [0.5, 0.6) is 11.5 Å². The van der Waals surface area contributed by atoms with Crippen molar-refractivity contribution in [2.75, 3.05) is 7.05 Å². The Bertz CT molecular complexity index is 621. The van der Waals surface area contributed by atoms with Crippen molar-refractivity contribution in [3.05, 3.63) is 57.3 Å². The van der Waals surface area contributed by atoms with Gasteiger partial charge in [-0.2, -0.15) is 0 Å². The summed E-state index contributed by atoms with van der Waals surface area (Å²) in [5.74, 6) is 0.750. The highest BCUT2D eigenvalue weighted by Gasteiger charge is 2.12. The molecule has 106 valence electrons. The summed E-state index contributed by atoms with van der Waals surface area (Å²) in [6.07, 6.45) is 0. The van der Waals surface area contributed by atoms with Crippen LogP contribution in [0.25, 0.3) is 0 Å². The standard InChI is InChI=1S/C15H14BrClFNO/c1-9(19-2)12-7-10(16)3-6-15(12)20-11-4-5-14(18)13(17)8-11/h3-9,19H,1-2H3. The predicted octanol–water partition coefficient (Wildman–Crippen LogP) is 5.31. The van der Waals surface area contributed by atoms with Crippen molar-refractivity contribution in [3.63, 3.8) is 0 Å². The highest BCUT2D eigenvalue weighted by atomic mass is 79.9. The lowest BCUT2D eigenvalue weighted by atomic mass is 10.1. The number of benzene rings is 2. The Morgan fingerprint density at radius 1 is 1.25 bits per heavy atom. The molecule has 0 fully saturated rings. The van der Waals surface area contributed by atoms with E-state index in [0.717, 1.165) is 10.0 Å². The molecule has 0 heterocycles. The van der Waals surface area contributed by atoms with Crippen molar-refractivity contribution >= 4 is 27.5 Å². The molecule has 0 aromatic heterocycles. The third kappa shape index (κ3) is 3.51. The molecule has 0 aliphatic heterocycles. The Hall–Kier alpha value is -1.10. The first-order chi connectivity index (χ1) is 9.51. The van der Waals surface area contributed by atoms with Crippen molar-refractivity contribution in [3.8, 4) is 11.5 Å². The molecular weight excluding hydrogens is 345 g/mol. The number of halogens is 3. The summed E-state index contributed by atoms with van der Waals surface area (Å²) in [6.45, 7) is 2.03. The molecule has 0 aliphatic carbocycles. The highest BCUT2D eigenvalue weighted by Crippen LogP contribution is 2.33. The first kappa shape index (κ1) is 15.3. The molecule has 2 aromatic rings. The van der Waals surface area contributed by atoms with E-state index in [1.54, 1.807) is 6.07 Å². The molecule has 0 saturated heterocycles. The minimum Gasteiger partial charge on any atom is -0.457 e. The SMILES string of the molecule is CNC(C)c1cc(Br)ccc1Oc1ccc(F)c(Cl)c1. The monoisotopic (exact) mass is 357 g/mol. The van der Waals surface area contributed by atoms with Crippen LogP contribution in [0.15, 0.2) is 40.9 Å². The quantitative estimate of drug-likeness (QED) is 0.799. The molecule has 5 heteroatoms. The number of ether oxygens (including phenoxy) is 1. The largest absolute Gasteiger partial charge is 0.457 e. The lowest BCUT2D eigenvalue weighted by Gasteiger charge is -2.17. The van der Waals surface area contributed by atoms with E-state index in [2.05, 4.69) is 21.2 Å². The number of hydrogen-bond donors (Lipinski definition) is 1. The fourth-order valence-corrected chi connectivity index (χ4v) is 2.32. The molecule has 0 bridgehead atoms. The van der Waals surface area contributed by atoms with Gasteiger partial charge in [-0.25, -0.2) is 4.39 Å². The zero-order valence-electron chi connectivity index (χ0n) is 11.1. The second-order valence-electron chi connectivity index (χ2n) is 4.37. The lowest BCUT2D eigenvalue weighted by molar-refractivity contribution is 0.464. The van der Waals surface area contributed by atoms with Crippen LogP contribution in [0.3, 0.4) is 0 Å². The van der Waals surface area contributed by atoms with E-state index < -0.39 is 5.82 Å². The van der Waals surface area contributed by atoms with Crippen LogP contribution < -0.4 is 10.1 Å². The summed E-state index contributed by atoms with van der Waals surface area (Å²) < 4.78 is 19.9. The molecule has 2 nitrogen and oxygen atoms in total. The van der Waals surface area contributed by atoms with Gasteiger partial charge in [0.05, 0.1) is 5.02 Å². The normalized spacial score (nSPS) is 12.2. The molecule has 1 atom stereocenters. The average molecular weight is 359 g/mol. The van der Waals surface area contributed by atoms with Crippen LogP contribution in [-0.4, -0.2) is 7.05 Å². The van der Waals surface area contributed by atoms with Crippen LogP contribution in [0.2, 0.25) is 5.02 Å². The minimum absolute atomic E-state index is 0.0443. The van der Waals surface area contributed by atoms with Crippen LogP contribution in [0.1, 0.15) is 18.5 Å². The third-order valence-corrected chi connectivity index (χ3v) is 3.77. The molecule has 0 amide bonds. The van der Waals surface area contributed by atoms with Gasteiger partial charge in [-0.15, -0.1) is 0 Å². The van der Waals surface area contributed by atoms with E-state index in [1.165, 1.54) is 12.1 Å². The number of rotatable bonds is 4. The third-order valence-electron chi connectivity index (χ3n) is 2.99. The van der Waals surface area contributed by atoms with Crippen LogP contribution in [0.4, 0.5) is 4.39 Å². The second kappa shape index (κ2) is 6.57. The van der Waals surface area contributed by atoms with Gasteiger partial charge in [0.25, 0.3) is 0 Å². The Labute approximate surface area is 131 Å². The van der Waals surface area contributed by atoms with Crippen LogP contribution >= 0.6 is 27.5 Å². The summed E-state index contributed by atoms with van der Waals surface area (Å²) >= 11 is 9.21. The zero-order valence-corrected chi connectivity index (χ0v) is 13.4. The molecule has 2 aromatic carbocycles. The van der Waals surface area contributed by atoms with Gasteiger partial charge in [-0.05, 0) is 44.3 Å². The molecule has 0 spiro atoms. The van der Waals surface area contributed by atoms with Gasteiger partial charge in [-0.3, -0.25) is 0 Å². The van der Waals surface area contributed by atoms with E-state index in [0.29, 0.717) is 11.5 Å². The first-order valence-electron chi connectivity index (χ1n) is 6.11. The van der Waals surface area contributed by atoms with E-state index >= 15 is 0 Å². The molecule has 1 unspecified atom stereocenters. The van der Waals surface area contributed by atoms with Crippen LogP contribution in [0, 0.1) is 5.82 Å². The van der Waals surface area contributed by atoms with Crippen molar-refractivity contribution in [1.82, 2.24) is 5.32 Å². The summed E-state index contributed by atoms with van der Waals surface area (Å²) in [7, 11) is 1.88. The van der Waals surface area contributed by atoms with Crippen molar-refractivity contribution in [2.45, 2.75) is 13.0 Å². The Balaban J connectivity index is 2.35. The smallest absolute Gasteiger partial charge is 0.142 e. The van der Waals surface area contributed by atoms with Crippen molar-refractivity contribution < 1.29 is 9.13 Å². The van der Waals surface area contributed by atoms with Gasteiger partial charge >= 0.3 is 0 Å².